The Kier molecular flexibility index (Phi) is 6.25. The van der Waals surface area contributed by atoms with Gasteiger partial charge in [-0.15, -0.1) is 0 Å². The molecule has 0 saturated carbocycles. The molecule has 1 aromatic heterocycles. The minimum atomic E-state index is -0.180. The summed E-state index contributed by atoms with van der Waals surface area (Å²) in [5.41, 5.74) is 1.82. The van der Waals surface area contributed by atoms with Crippen LogP contribution in [0.25, 0.3) is 0 Å². The zero-order chi connectivity index (χ0) is 18.5. The number of aromatic amines is 1. The normalized spacial score (nSPS) is 14.3. The van der Waals surface area contributed by atoms with Gasteiger partial charge in [0.15, 0.2) is 0 Å². The summed E-state index contributed by atoms with van der Waals surface area (Å²) >= 11 is 2.18. The van der Waals surface area contributed by atoms with Gasteiger partial charge in [0.05, 0.1) is 18.9 Å². The molecule has 2 aromatic rings. The van der Waals surface area contributed by atoms with E-state index in [1.807, 2.05) is 36.1 Å². The Hall–Kier alpha value is -1.94. The van der Waals surface area contributed by atoms with Crippen LogP contribution in [0.3, 0.4) is 0 Å². The number of amides is 1. The lowest BCUT2D eigenvalue weighted by atomic mass is 10.1. The summed E-state index contributed by atoms with van der Waals surface area (Å²) < 4.78 is 6.30. The molecule has 0 unspecified atom stereocenters. The molecule has 0 aliphatic carbocycles. The number of ether oxygens (including phenoxy) is 1. The molecule has 8 heteroatoms. The molecule has 1 aromatic carbocycles. The van der Waals surface area contributed by atoms with Crippen LogP contribution in [-0.4, -0.2) is 42.2 Å². The van der Waals surface area contributed by atoms with Crippen molar-refractivity contribution < 1.29 is 9.53 Å². The second kappa shape index (κ2) is 8.63. The summed E-state index contributed by atoms with van der Waals surface area (Å²) in [4.78, 5) is 34.0. The lowest BCUT2D eigenvalue weighted by molar-refractivity contribution is -0.116. The topological polar surface area (TPSA) is 87.3 Å². The van der Waals surface area contributed by atoms with Gasteiger partial charge in [-0.05, 0) is 48.1 Å². The fraction of sp³-hybridized carbons (Fsp3) is 0.389. The largest absolute Gasteiger partial charge is 0.378 e. The molecule has 1 saturated heterocycles. The molecule has 0 bridgehead atoms. The maximum Gasteiger partial charge on any atom is 0.255 e. The van der Waals surface area contributed by atoms with Crippen molar-refractivity contribution in [1.82, 2.24) is 9.97 Å². The highest BCUT2D eigenvalue weighted by molar-refractivity contribution is 14.1. The first-order valence-electron chi connectivity index (χ1n) is 8.51. The van der Waals surface area contributed by atoms with Gasteiger partial charge in [0.25, 0.3) is 5.56 Å². The van der Waals surface area contributed by atoms with Crippen molar-refractivity contribution in [2.24, 2.45) is 0 Å². The van der Waals surface area contributed by atoms with Crippen molar-refractivity contribution in [3.63, 3.8) is 0 Å². The Morgan fingerprint density at radius 3 is 2.77 bits per heavy atom. The van der Waals surface area contributed by atoms with E-state index in [-0.39, 0.29) is 17.9 Å². The van der Waals surface area contributed by atoms with E-state index in [4.69, 9.17) is 4.74 Å². The van der Waals surface area contributed by atoms with E-state index in [9.17, 15) is 9.59 Å². The third kappa shape index (κ3) is 4.61. The summed E-state index contributed by atoms with van der Waals surface area (Å²) in [6.45, 7) is 4.48. The number of carbonyl (C=O) groups excluding carboxylic acids is 1. The Morgan fingerprint density at radius 2 is 2.08 bits per heavy atom. The lowest BCUT2D eigenvalue weighted by Gasteiger charge is -2.27. The first kappa shape index (κ1) is 18.8. The fourth-order valence-electron chi connectivity index (χ4n) is 2.83. The first-order valence-corrected chi connectivity index (χ1v) is 9.59. The third-order valence-electron chi connectivity index (χ3n) is 4.27. The molecule has 7 nitrogen and oxygen atoms in total. The van der Waals surface area contributed by atoms with Crippen LogP contribution in [0.15, 0.2) is 29.1 Å². The number of rotatable bonds is 5. The maximum absolute atomic E-state index is 12.4. The zero-order valence-electron chi connectivity index (χ0n) is 14.5. The molecule has 0 radical (unpaired) electrons. The Labute approximate surface area is 165 Å². The van der Waals surface area contributed by atoms with Gasteiger partial charge in [0, 0.05) is 34.3 Å². The van der Waals surface area contributed by atoms with Crippen molar-refractivity contribution in [2.45, 2.75) is 19.8 Å². The minimum absolute atomic E-state index is 0.120. The Balaban J connectivity index is 1.65. The molecule has 1 amide bonds. The SMILES string of the molecule is Cc1nc(N2CCOCC2)[nH]c(=O)c1CCC(=O)Nc1ccccc1I. The van der Waals surface area contributed by atoms with Crippen LogP contribution in [0.2, 0.25) is 0 Å². The second-order valence-electron chi connectivity index (χ2n) is 6.08. The second-order valence-corrected chi connectivity index (χ2v) is 7.24. The number of hydrogen-bond donors (Lipinski definition) is 2. The molecule has 1 fully saturated rings. The number of carbonyl (C=O) groups is 1. The smallest absolute Gasteiger partial charge is 0.255 e. The summed E-state index contributed by atoms with van der Waals surface area (Å²) in [5, 5.41) is 2.88. The quantitative estimate of drug-likeness (QED) is 0.657. The summed E-state index contributed by atoms with van der Waals surface area (Å²) in [6.07, 6.45) is 0.584. The van der Waals surface area contributed by atoms with Gasteiger partial charge in [-0.25, -0.2) is 4.98 Å². The van der Waals surface area contributed by atoms with Crippen molar-refractivity contribution in [2.75, 3.05) is 36.5 Å². The Morgan fingerprint density at radius 1 is 1.35 bits per heavy atom. The number of anilines is 2. The summed E-state index contributed by atoms with van der Waals surface area (Å²) in [6, 6.07) is 7.58. The molecule has 1 aliphatic rings. The van der Waals surface area contributed by atoms with Gasteiger partial charge in [-0.1, -0.05) is 12.1 Å². The van der Waals surface area contributed by atoms with Gasteiger partial charge < -0.3 is 15.0 Å². The van der Waals surface area contributed by atoms with Gasteiger partial charge >= 0.3 is 0 Å². The molecular weight excluding hydrogens is 447 g/mol. The fourth-order valence-corrected chi connectivity index (χ4v) is 3.35. The molecular formula is C18H21IN4O3. The highest BCUT2D eigenvalue weighted by Gasteiger charge is 2.17. The molecule has 2 heterocycles. The van der Waals surface area contributed by atoms with Crippen LogP contribution in [0.4, 0.5) is 11.6 Å². The van der Waals surface area contributed by atoms with Crippen LogP contribution >= 0.6 is 22.6 Å². The number of nitrogens with zero attached hydrogens (tertiary/aromatic N) is 2. The van der Waals surface area contributed by atoms with Crippen molar-refractivity contribution in [3.05, 3.63) is 49.4 Å². The van der Waals surface area contributed by atoms with Crippen LogP contribution in [0.1, 0.15) is 17.7 Å². The molecule has 3 rings (SSSR count). The molecule has 26 heavy (non-hydrogen) atoms. The number of para-hydroxylation sites is 1. The standard InChI is InChI=1S/C18H21IN4O3/c1-12-13(6-7-16(24)21-15-5-3-2-4-14(15)19)17(25)22-18(20-12)23-8-10-26-11-9-23/h2-5H,6-11H2,1H3,(H,21,24)(H,20,22,25). The van der Waals surface area contributed by atoms with E-state index in [1.165, 1.54) is 0 Å². The monoisotopic (exact) mass is 468 g/mol. The van der Waals surface area contributed by atoms with Crippen LogP contribution in [-0.2, 0) is 16.0 Å². The number of halogens is 1. The predicted molar refractivity (Wildman–Crippen MR) is 109 cm³/mol. The van der Waals surface area contributed by atoms with E-state index in [2.05, 4.69) is 37.9 Å². The van der Waals surface area contributed by atoms with Crippen molar-refractivity contribution in [1.29, 1.82) is 0 Å². The first-order chi connectivity index (χ1) is 12.5. The highest BCUT2D eigenvalue weighted by Crippen LogP contribution is 2.17. The van der Waals surface area contributed by atoms with Crippen LogP contribution < -0.4 is 15.8 Å². The van der Waals surface area contributed by atoms with E-state index in [1.54, 1.807) is 0 Å². The molecule has 1 aliphatic heterocycles. The molecule has 2 N–H and O–H groups in total. The number of aryl methyl sites for hydroxylation is 1. The Bertz CT molecular complexity index is 847. The lowest BCUT2D eigenvalue weighted by Crippen LogP contribution is -2.38. The van der Waals surface area contributed by atoms with Crippen LogP contribution in [0, 0.1) is 10.5 Å². The number of nitrogens with one attached hydrogen (secondary N) is 2. The number of H-pyrrole nitrogens is 1. The highest BCUT2D eigenvalue weighted by atomic mass is 127. The number of aromatic nitrogens is 2. The van der Waals surface area contributed by atoms with Crippen LogP contribution in [0.5, 0.6) is 0 Å². The molecule has 138 valence electrons. The van der Waals surface area contributed by atoms with E-state index >= 15 is 0 Å². The average molecular weight is 468 g/mol. The summed E-state index contributed by atoms with van der Waals surface area (Å²) in [7, 11) is 0. The van der Waals surface area contributed by atoms with Gasteiger partial charge in [0.2, 0.25) is 11.9 Å². The van der Waals surface area contributed by atoms with E-state index in [0.717, 1.165) is 9.26 Å². The average Bonchev–Trinajstić information content (AvgIpc) is 2.63. The summed E-state index contributed by atoms with van der Waals surface area (Å²) in [5.74, 6) is 0.452. The number of benzene rings is 1. The van der Waals surface area contributed by atoms with Crippen molar-refractivity contribution in [3.8, 4) is 0 Å². The van der Waals surface area contributed by atoms with Gasteiger partial charge in [0.1, 0.15) is 0 Å². The van der Waals surface area contributed by atoms with Gasteiger partial charge in [-0.3, -0.25) is 14.6 Å². The third-order valence-corrected chi connectivity index (χ3v) is 5.21. The van der Waals surface area contributed by atoms with E-state index in [0.29, 0.717) is 49.9 Å². The minimum Gasteiger partial charge on any atom is -0.378 e. The molecule has 0 atom stereocenters. The zero-order valence-corrected chi connectivity index (χ0v) is 16.7. The van der Waals surface area contributed by atoms with Gasteiger partial charge in [-0.2, -0.15) is 0 Å². The predicted octanol–water partition coefficient (Wildman–Crippen LogP) is 2.09. The number of hydrogen-bond acceptors (Lipinski definition) is 5. The maximum atomic E-state index is 12.4. The van der Waals surface area contributed by atoms with E-state index < -0.39 is 0 Å². The van der Waals surface area contributed by atoms with Crippen molar-refractivity contribution >= 4 is 40.1 Å². The number of morpholine rings is 1. The molecule has 0 spiro atoms.